The van der Waals surface area contributed by atoms with Gasteiger partial charge in [0, 0.05) is 6.20 Å². The lowest BCUT2D eigenvalue weighted by Gasteiger charge is -2.27. The number of aromatic nitrogens is 2. The lowest BCUT2D eigenvalue weighted by atomic mass is 10.2. The van der Waals surface area contributed by atoms with Crippen molar-refractivity contribution in [3.05, 3.63) is 16.4 Å². The Hall–Kier alpha value is -1.70. The maximum atomic E-state index is 12.4. The van der Waals surface area contributed by atoms with Gasteiger partial charge < -0.3 is 9.47 Å². The average molecular weight is 388 g/mol. The van der Waals surface area contributed by atoms with Crippen molar-refractivity contribution in [2.45, 2.75) is 59.7 Å². The van der Waals surface area contributed by atoms with Crippen molar-refractivity contribution in [1.29, 1.82) is 0 Å². The summed E-state index contributed by atoms with van der Waals surface area (Å²) in [7, 11) is 0. The average Bonchev–Trinajstić information content (AvgIpc) is 2.29. The highest BCUT2D eigenvalue weighted by atomic mass is 79.9. The molecule has 1 heterocycles. The molecule has 0 aromatic carbocycles. The minimum atomic E-state index is -0.895. The minimum Gasteiger partial charge on any atom is -0.443 e. The minimum absolute atomic E-state index is 0.103. The van der Waals surface area contributed by atoms with Crippen molar-refractivity contribution >= 4 is 34.1 Å². The SMILES string of the molecule is Cc1nc(N(C(=O)OC(C)(C)C)C(=O)OC(C)(C)C)ncc1Br. The zero-order valence-corrected chi connectivity index (χ0v) is 16.0. The molecule has 128 valence electrons. The van der Waals surface area contributed by atoms with Crippen molar-refractivity contribution in [3.8, 4) is 0 Å². The number of carbonyl (C=O) groups is 2. The van der Waals surface area contributed by atoms with Crippen LogP contribution >= 0.6 is 15.9 Å². The Morgan fingerprint density at radius 3 is 1.83 bits per heavy atom. The standard InChI is InChI=1S/C15H22BrN3O4/c1-9-10(16)8-17-11(18-9)19(12(20)22-14(2,3)4)13(21)23-15(5,6)7/h8H,1-7H3. The second kappa shape index (κ2) is 6.82. The Balaban J connectivity index is 3.22. The first kappa shape index (κ1) is 19.3. The van der Waals surface area contributed by atoms with Gasteiger partial charge in [0.15, 0.2) is 0 Å². The van der Waals surface area contributed by atoms with Gasteiger partial charge in [0.05, 0.1) is 10.2 Å². The molecule has 0 saturated carbocycles. The van der Waals surface area contributed by atoms with E-state index in [0.29, 0.717) is 15.1 Å². The number of aryl methyl sites for hydroxylation is 1. The van der Waals surface area contributed by atoms with Gasteiger partial charge >= 0.3 is 12.2 Å². The molecule has 0 N–H and O–H groups in total. The van der Waals surface area contributed by atoms with Crippen LogP contribution in [0.2, 0.25) is 0 Å². The van der Waals surface area contributed by atoms with Crippen molar-refractivity contribution in [2.24, 2.45) is 0 Å². The highest BCUT2D eigenvalue weighted by Crippen LogP contribution is 2.21. The lowest BCUT2D eigenvalue weighted by Crippen LogP contribution is -2.44. The molecule has 1 aromatic rings. The van der Waals surface area contributed by atoms with E-state index in [1.165, 1.54) is 6.20 Å². The molecule has 0 aliphatic heterocycles. The zero-order valence-electron chi connectivity index (χ0n) is 14.4. The summed E-state index contributed by atoms with van der Waals surface area (Å²) in [6, 6.07) is 0. The van der Waals surface area contributed by atoms with Crippen LogP contribution in [-0.2, 0) is 9.47 Å². The predicted molar refractivity (Wildman–Crippen MR) is 89.4 cm³/mol. The van der Waals surface area contributed by atoms with E-state index >= 15 is 0 Å². The molecule has 0 aliphatic rings. The fourth-order valence-corrected chi connectivity index (χ4v) is 1.59. The smallest absolute Gasteiger partial charge is 0.427 e. The molecule has 0 aliphatic carbocycles. The Morgan fingerprint density at radius 2 is 1.48 bits per heavy atom. The number of carbonyl (C=O) groups excluding carboxylic acids is 2. The second-order valence-corrected chi connectivity index (χ2v) is 7.75. The number of anilines is 1. The largest absolute Gasteiger partial charge is 0.443 e. The second-order valence-electron chi connectivity index (χ2n) is 6.90. The van der Waals surface area contributed by atoms with Gasteiger partial charge in [-0.1, -0.05) is 0 Å². The molecule has 0 fully saturated rings. The summed E-state index contributed by atoms with van der Waals surface area (Å²) in [5.74, 6) is -0.103. The molecule has 0 atom stereocenters. The molecule has 2 amide bonds. The third-order valence-electron chi connectivity index (χ3n) is 2.26. The monoisotopic (exact) mass is 387 g/mol. The van der Waals surface area contributed by atoms with Crippen molar-refractivity contribution < 1.29 is 19.1 Å². The number of halogens is 1. The fourth-order valence-electron chi connectivity index (χ4n) is 1.40. The number of hydrogen-bond donors (Lipinski definition) is 0. The van der Waals surface area contributed by atoms with Crippen LogP contribution in [0.1, 0.15) is 47.2 Å². The Morgan fingerprint density at radius 1 is 1.04 bits per heavy atom. The van der Waals surface area contributed by atoms with Crippen LogP contribution in [0.5, 0.6) is 0 Å². The summed E-state index contributed by atoms with van der Waals surface area (Å²) in [4.78, 5) is 33.6. The summed E-state index contributed by atoms with van der Waals surface area (Å²) >= 11 is 3.27. The van der Waals surface area contributed by atoms with Crippen molar-refractivity contribution in [2.75, 3.05) is 4.90 Å². The van der Waals surface area contributed by atoms with Gasteiger partial charge in [0.1, 0.15) is 11.2 Å². The van der Waals surface area contributed by atoms with Crippen LogP contribution in [0.3, 0.4) is 0 Å². The summed E-state index contributed by atoms with van der Waals surface area (Å²) < 4.78 is 11.2. The van der Waals surface area contributed by atoms with E-state index in [-0.39, 0.29) is 5.95 Å². The summed E-state index contributed by atoms with van der Waals surface area (Å²) in [5, 5.41) is 0. The van der Waals surface area contributed by atoms with Gasteiger partial charge in [-0.15, -0.1) is 4.90 Å². The molecule has 0 radical (unpaired) electrons. The Kier molecular flexibility index (Phi) is 5.74. The topological polar surface area (TPSA) is 81.6 Å². The van der Waals surface area contributed by atoms with E-state index in [1.54, 1.807) is 48.5 Å². The van der Waals surface area contributed by atoms with E-state index in [0.717, 1.165) is 0 Å². The van der Waals surface area contributed by atoms with E-state index in [9.17, 15) is 9.59 Å². The quantitative estimate of drug-likeness (QED) is 0.716. The molecule has 23 heavy (non-hydrogen) atoms. The molecular weight excluding hydrogens is 366 g/mol. The molecule has 7 nitrogen and oxygen atoms in total. The van der Waals surface area contributed by atoms with Gasteiger partial charge in [-0.25, -0.2) is 19.6 Å². The Bertz CT molecular complexity index is 578. The molecule has 0 spiro atoms. The predicted octanol–water partition coefficient (Wildman–Crippen LogP) is 4.22. The lowest BCUT2D eigenvalue weighted by molar-refractivity contribution is 0.0427. The summed E-state index contributed by atoms with van der Waals surface area (Å²) in [5.41, 5.74) is -0.976. The van der Waals surface area contributed by atoms with Crippen LogP contribution in [0, 0.1) is 6.92 Å². The molecule has 1 rings (SSSR count). The molecule has 0 unspecified atom stereocenters. The van der Waals surface area contributed by atoms with Crippen molar-refractivity contribution in [1.82, 2.24) is 9.97 Å². The number of imide groups is 1. The molecule has 8 heteroatoms. The first-order chi connectivity index (χ1) is 10.3. The number of hydrogen-bond acceptors (Lipinski definition) is 6. The van der Waals surface area contributed by atoms with Gasteiger partial charge in [-0.05, 0) is 64.4 Å². The molecule has 0 saturated heterocycles. The van der Waals surface area contributed by atoms with E-state index in [2.05, 4.69) is 25.9 Å². The number of nitrogens with zero attached hydrogens (tertiary/aromatic N) is 3. The molecule has 1 aromatic heterocycles. The third kappa shape index (κ3) is 6.13. The van der Waals surface area contributed by atoms with Crippen LogP contribution < -0.4 is 4.90 Å². The maximum absolute atomic E-state index is 12.4. The first-order valence-corrected chi connectivity index (χ1v) is 7.85. The van der Waals surface area contributed by atoms with Crippen LogP contribution in [-0.4, -0.2) is 33.4 Å². The van der Waals surface area contributed by atoms with E-state index in [1.807, 2.05) is 0 Å². The van der Waals surface area contributed by atoms with E-state index in [4.69, 9.17) is 9.47 Å². The number of ether oxygens (including phenoxy) is 2. The van der Waals surface area contributed by atoms with E-state index < -0.39 is 23.4 Å². The number of amides is 2. The Labute approximate surface area is 144 Å². The van der Waals surface area contributed by atoms with Crippen LogP contribution in [0.25, 0.3) is 0 Å². The summed E-state index contributed by atoms with van der Waals surface area (Å²) in [6.45, 7) is 11.9. The molecule has 0 bridgehead atoms. The first-order valence-electron chi connectivity index (χ1n) is 7.05. The highest BCUT2D eigenvalue weighted by molar-refractivity contribution is 9.10. The zero-order chi connectivity index (χ0) is 18.0. The molecular formula is C15H22BrN3O4. The normalized spacial score (nSPS) is 11.8. The third-order valence-corrected chi connectivity index (χ3v) is 3.04. The van der Waals surface area contributed by atoms with Gasteiger partial charge in [-0.3, -0.25) is 0 Å². The van der Waals surface area contributed by atoms with Gasteiger partial charge in [0.2, 0.25) is 5.95 Å². The van der Waals surface area contributed by atoms with Crippen LogP contribution in [0.15, 0.2) is 10.7 Å². The van der Waals surface area contributed by atoms with Crippen molar-refractivity contribution in [3.63, 3.8) is 0 Å². The van der Waals surface area contributed by atoms with Crippen LogP contribution in [0.4, 0.5) is 15.5 Å². The highest BCUT2D eigenvalue weighted by Gasteiger charge is 2.34. The maximum Gasteiger partial charge on any atom is 0.427 e. The van der Waals surface area contributed by atoms with Gasteiger partial charge in [-0.2, -0.15) is 0 Å². The summed E-state index contributed by atoms with van der Waals surface area (Å²) in [6.07, 6.45) is -0.332. The number of rotatable bonds is 1. The van der Waals surface area contributed by atoms with Gasteiger partial charge in [0.25, 0.3) is 0 Å². The fraction of sp³-hybridized carbons (Fsp3) is 0.600.